The van der Waals surface area contributed by atoms with Crippen molar-refractivity contribution in [2.45, 2.75) is 45.9 Å². The minimum absolute atomic E-state index is 0.0272. The van der Waals surface area contributed by atoms with Crippen molar-refractivity contribution in [1.29, 1.82) is 0 Å². The zero-order valence-corrected chi connectivity index (χ0v) is 14.8. The van der Waals surface area contributed by atoms with Gasteiger partial charge in [0.05, 0.1) is 0 Å². The molecule has 2 aromatic rings. The van der Waals surface area contributed by atoms with Crippen LogP contribution in [0.2, 0.25) is 0 Å². The first-order chi connectivity index (χ1) is 11.9. The average molecular weight is 368 g/mol. The molecule has 0 fully saturated rings. The SMILES string of the molecule is Cc1c(OCc2ccc(C(C)(C)C)cc2)nc(C(F)(F)F)nc1C(=O)O. The molecule has 0 aliphatic carbocycles. The van der Waals surface area contributed by atoms with Crippen molar-refractivity contribution in [2.75, 3.05) is 0 Å². The minimum atomic E-state index is -4.87. The third kappa shape index (κ3) is 4.50. The van der Waals surface area contributed by atoms with Gasteiger partial charge in [-0.25, -0.2) is 9.78 Å². The molecule has 0 atom stereocenters. The fraction of sp³-hybridized carbons (Fsp3) is 0.389. The summed E-state index contributed by atoms with van der Waals surface area (Å²) < 4.78 is 44.0. The van der Waals surface area contributed by atoms with Crippen LogP contribution in [-0.4, -0.2) is 21.0 Å². The molecule has 0 saturated carbocycles. The number of benzene rings is 1. The molecule has 8 heteroatoms. The highest BCUT2D eigenvalue weighted by atomic mass is 19.4. The fourth-order valence-corrected chi connectivity index (χ4v) is 2.22. The number of hydrogen-bond acceptors (Lipinski definition) is 4. The minimum Gasteiger partial charge on any atom is -0.476 e. The molecular weight excluding hydrogens is 349 g/mol. The number of carboxylic acids is 1. The van der Waals surface area contributed by atoms with Gasteiger partial charge >= 0.3 is 12.1 Å². The van der Waals surface area contributed by atoms with E-state index in [9.17, 15) is 18.0 Å². The molecule has 0 bridgehead atoms. The predicted molar refractivity (Wildman–Crippen MR) is 88.2 cm³/mol. The second-order valence-electron chi connectivity index (χ2n) is 6.86. The first-order valence-corrected chi connectivity index (χ1v) is 7.81. The van der Waals surface area contributed by atoms with Crippen LogP contribution in [0.25, 0.3) is 0 Å². The summed E-state index contributed by atoms with van der Waals surface area (Å²) >= 11 is 0. The van der Waals surface area contributed by atoms with Gasteiger partial charge in [0.1, 0.15) is 6.61 Å². The number of nitrogens with zero attached hydrogens (tertiary/aromatic N) is 2. The standard InChI is InChI=1S/C18H19F3N2O3/c1-10-13(15(24)25)22-16(18(19,20)21)23-14(10)26-9-11-5-7-12(8-6-11)17(2,3)4/h5-8H,9H2,1-4H3,(H,24,25). The third-order valence-corrected chi connectivity index (χ3v) is 3.75. The number of rotatable bonds is 4. The number of aromatic carboxylic acids is 1. The van der Waals surface area contributed by atoms with Gasteiger partial charge in [-0.1, -0.05) is 45.0 Å². The van der Waals surface area contributed by atoms with Gasteiger partial charge in [0.25, 0.3) is 0 Å². The molecule has 0 unspecified atom stereocenters. The van der Waals surface area contributed by atoms with E-state index in [1.807, 2.05) is 12.1 Å². The highest BCUT2D eigenvalue weighted by Gasteiger charge is 2.37. The van der Waals surface area contributed by atoms with Crippen LogP contribution in [0.5, 0.6) is 5.88 Å². The third-order valence-electron chi connectivity index (χ3n) is 3.75. The molecule has 1 heterocycles. The van der Waals surface area contributed by atoms with Crippen LogP contribution in [0.1, 0.15) is 53.8 Å². The smallest absolute Gasteiger partial charge is 0.451 e. The molecule has 0 radical (unpaired) electrons. The van der Waals surface area contributed by atoms with Gasteiger partial charge in [0.15, 0.2) is 5.69 Å². The Morgan fingerprint density at radius 2 is 1.69 bits per heavy atom. The number of ether oxygens (including phenoxy) is 1. The first-order valence-electron chi connectivity index (χ1n) is 7.81. The monoisotopic (exact) mass is 368 g/mol. The predicted octanol–water partition coefficient (Wildman–Crippen LogP) is 4.38. The number of hydrogen-bond donors (Lipinski definition) is 1. The molecule has 1 aromatic carbocycles. The van der Waals surface area contributed by atoms with Crippen LogP contribution in [-0.2, 0) is 18.2 Å². The Kier molecular flexibility index (Phi) is 5.25. The molecule has 2 rings (SSSR count). The van der Waals surface area contributed by atoms with Crippen molar-refractivity contribution >= 4 is 5.97 Å². The lowest BCUT2D eigenvalue weighted by molar-refractivity contribution is -0.145. The van der Waals surface area contributed by atoms with Crippen molar-refractivity contribution < 1.29 is 27.8 Å². The Morgan fingerprint density at radius 1 is 1.12 bits per heavy atom. The van der Waals surface area contributed by atoms with Gasteiger partial charge < -0.3 is 9.84 Å². The molecule has 0 aliphatic rings. The number of aromatic nitrogens is 2. The van der Waals surface area contributed by atoms with Crippen molar-refractivity contribution in [2.24, 2.45) is 0 Å². The summed E-state index contributed by atoms with van der Waals surface area (Å²) in [5.41, 5.74) is 1.01. The van der Waals surface area contributed by atoms with Crippen molar-refractivity contribution in [1.82, 2.24) is 9.97 Å². The van der Waals surface area contributed by atoms with E-state index in [-0.39, 0.29) is 17.6 Å². The van der Waals surface area contributed by atoms with Crippen molar-refractivity contribution in [3.05, 3.63) is 52.5 Å². The molecular formula is C18H19F3N2O3. The number of alkyl halides is 3. The summed E-state index contributed by atoms with van der Waals surface area (Å²) in [6.45, 7) is 7.46. The number of halogens is 3. The zero-order valence-electron chi connectivity index (χ0n) is 14.8. The lowest BCUT2D eigenvalue weighted by Gasteiger charge is -2.19. The van der Waals surface area contributed by atoms with E-state index in [1.165, 1.54) is 6.92 Å². The Hall–Kier alpha value is -2.64. The lowest BCUT2D eigenvalue weighted by atomic mass is 9.87. The quantitative estimate of drug-likeness (QED) is 0.867. The molecule has 0 aliphatic heterocycles. The van der Waals surface area contributed by atoms with Crippen LogP contribution >= 0.6 is 0 Å². The second kappa shape index (κ2) is 6.93. The van der Waals surface area contributed by atoms with E-state index >= 15 is 0 Å². The van der Waals surface area contributed by atoms with E-state index in [0.717, 1.165) is 11.1 Å². The molecule has 140 valence electrons. The summed E-state index contributed by atoms with van der Waals surface area (Å²) in [6.07, 6.45) is -4.87. The molecule has 1 aromatic heterocycles. The molecule has 0 amide bonds. The summed E-state index contributed by atoms with van der Waals surface area (Å²) in [6, 6.07) is 7.43. The number of carbonyl (C=O) groups is 1. The van der Waals surface area contributed by atoms with E-state index in [1.54, 1.807) is 12.1 Å². The van der Waals surface area contributed by atoms with Crippen molar-refractivity contribution in [3.8, 4) is 5.88 Å². The highest BCUT2D eigenvalue weighted by molar-refractivity contribution is 5.87. The van der Waals surface area contributed by atoms with Crippen LogP contribution in [0.15, 0.2) is 24.3 Å². The average Bonchev–Trinajstić information content (AvgIpc) is 2.52. The molecule has 0 saturated heterocycles. The van der Waals surface area contributed by atoms with Crippen LogP contribution in [0.4, 0.5) is 13.2 Å². The largest absolute Gasteiger partial charge is 0.476 e. The first kappa shape index (κ1) is 19.7. The van der Waals surface area contributed by atoms with Crippen LogP contribution in [0.3, 0.4) is 0 Å². The second-order valence-corrected chi connectivity index (χ2v) is 6.86. The van der Waals surface area contributed by atoms with Crippen LogP contribution < -0.4 is 4.74 Å². The summed E-state index contributed by atoms with van der Waals surface area (Å²) in [4.78, 5) is 17.6. The summed E-state index contributed by atoms with van der Waals surface area (Å²) in [5.74, 6) is -3.52. The summed E-state index contributed by atoms with van der Waals surface area (Å²) in [7, 11) is 0. The molecule has 1 N–H and O–H groups in total. The maximum atomic E-state index is 12.9. The summed E-state index contributed by atoms with van der Waals surface area (Å²) in [5, 5.41) is 9.06. The topological polar surface area (TPSA) is 72.3 Å². The molecule has 5 nitrogen and oxygen atoms in total. The maximum Gasteiger partial charge on any atom is 0.451 e. The van der Waals surface area contributed by atoms with E-state index in [0.29, 0.717) is 0 Å². The van der Waals surface area contributed by atoms with Gasteiger partial charge in [-0.05, 0) is 23.5 Å². The highest BCUT2D eigenvalue weighted by Crippen LogP contribution is 2.30. The van der Waals surface area contributed by atoms with Crippen molar-refractivity contribution in [3.63, 3.8) is 0 Å². The fourth-order valence-electron chi connectivity index (χ4n) is 2.22. The Morgan fingerprint density at radius 3 is 2.15 bits per heavy atom. The molecule has 0 spiro atoms. The normalized spacial score (nSPS) is 12.1. The van der Waals surface area contributed by atoms with Gasteiger partial charge in [-0.2, -0.15) is 18.2 Å². The maximum absolute atomic E-state index is 12.9. The number of carboxylic acid groups (broad SMARTS) is 1. The van der Waals surface area contributed by atoms with Gasteiger partial charge in [0.2, 0.25) is 11.7 Å². The molecule has 26 heavy (non-hydrogen) atoms. The van der Waals surface area contributed by atoms with Gasteiger partial charge in [-0.15, -0.1) is 0 Å². The Bertz CT molecular complexity index is 810. The van der Waals surface area contributed by atoms with Gasteiger partial charge in [-0.3, -0.25) is 0 Å². The van der Waals surface area contributed by atoms with E-state index in [4.69, 9.17) is 9.84 Å². The zero-order chi connectivity index (χ0) is 19.7. The Labute approximate surface area is 148 Å². The van der Waals surface area contributed by atoms with Crippen LogP contribution in [0, 0.1) is 6.92 Å². The van der Waals surface area contributed by atoms with Gasteiger partial charge in [0, 0.05) is 5.56 Å². The Balaban J connectivity index is 2.28. The van der Waals surface area contributed by atoms with E-state index in [2.05, 4.69) is 30.7 Å². The lowest BCUT2D eigenvalue weighted by Crippen LogP contribution is -2.17. The van der Waals surface area contributed by atoms with E-state index < -0.39 is 29.5 Å².